The van der Waals surface area contributed by atoms with Crippen LogP contribution in [0.25, 0.3) is 0 Å². The molecular formula is C14H22N2O3S. The Balaban J connectivity index is 2.01. The number of aliphatic hydroxyl groups excluding tert-OH is 1. The molecule has 2 atom stereocenters. The summed E-state index contributed by atoms with van der Waals surface area (Å²) in [7, 11) is -3.13. The van der Waals surface area contributed by atoms with Gasteiger partial charge in [-0.15, -0.1) is 0 Å². The fourth-order valence-corrected chi connectivity index (χ4v) is 3.74. The molecule has 1 aromatic rings. The first-order valence-corrected chi connectivity index (χ1v) is 8.77. The van der Waals surface area contributed by atoms with Gasteiger partial charge in [0.1, 0.15) is 0 Å². The van der Waals surface area contributed by atoms with Gasteiger partial charge in [-0.3, -0.25) is 4.98 Å². The maximum Gasteiger partial charge on any atom is 0.211 e. The number of aryl methyl sites for hydroxylation is 1. The maximum absolute atomic E-state index is 11.6. The van der Waals surface area contributed by atoms with Gasteiger partial charge in [-0.25, -0.2) is 12.7 Å². The second-order valence-corrected chi connectivity index (χ2v) is 7.57. The third kappa shape index (κ3) is 3.77. The predicted octanol–water partition coefficient (Wildman–Crippen LogP) is 1.49. The summed E-state index contributed by atoms with van der Waals surface area (Å²) >= 11 is 0. The zero-order valence-corrected chi connectivity index (χ0v) is 12.8. The smallest absolute Gasteiger partial charge is 0.211 e. The molecule has 0 aliphatic carbocycles. The number of hydrogen-bond donors (Lipinski definition) is 1. The fourth-order valence-electron chi connectivity index (χ4n) is 2.79. The van der Waals surface area contributed by atoms with Crippen molar-refractivity contribution in [1.82, 2.24) is 9.29 Å². The number of hydrogen-bond acceptors (Lipinski definition) is 4. The number of nitrogens with zero attached hydrogens (tertiary/aromatic N) is 2. The Morgan fingerprint density at radius 2 is 2.30 bits per heavy atom. The standard InChI is InChI=1S/C14H22N2O3S/c1-11-5-3-7-15-14(11)13(17)9-12-6-4-8-16(10-12)20(2,18)19/h3,5,7,12-13,17H,4,6,8-10H2,1-2H3. The minimum Gasteiger partial charge on any atom is -0.387 e. The van der Waals surface area contributed by atoms with Crippen molar-refractivity contribution in [2.24, 2.45) is 5.92 Å². The largest absolute Gasteiger partial charge is 0.387 e. The van der Waals surface area contributed by atoms with Crippen molar-refractivity contribution < 1.29 is 13.5 Å². The lowest BCUT2D eigenvalue weighted by Gasteiger charge is -2.32. The van der Waals surface area contributed by atoms with Gasteiger partial charge in [0.15, 0.2) is 0 Å². The van der Waals surface area contributed by atoms with Gasteiger partial charge in [0.25, 0.3) is 0 Å². The van der Waals surface area contributed by atoms with E-state index in [0.29, 0.717) is 25.2 Å². The third-order valence-electron chi connectivity index (χ3n) is 3.87. The van der Waals surface area contributed by atoms with Crippen LogP contribution in [0.4, 0.5) is 0 Å². The highest BCUT2D eigenvalue weighted by Crippen LogP contribution is 2.28. The van der Waals surface area contributed by atoms with Crippen molar-refractivity contribution in [3.05, 3.63) is 29.6 Å². The SMILES string of the molecule is Cc1cccnc1C(O)CC1CCCN(S(C)(=O)=O)C1. The van der Waals surface area contributed by atoms with E-state index in [1.807, 2.05) is 19.1 Å². The molecule has 0 radical (unpaired) electrons. The maximum atomic E-state index is 11.6. The molecule has 0 amide bonds. The van der Waals surface area contributed by atoms with Gasteiger partial charge in [0.05, 0.1) is 18.1 Å². The van der Waals surface area contributed by atoms with Crippen LogP contribution in [0.3, 0.4) is 0 Å². The number of pyridine rings is 1. The molecule has 5 nitrogen and oxygen atoms in total. The molecule has 0 bridgehead atoms. The lowest BCUT2D eigenvalue weighted by Crippen LogP contribution is -2.39. The minimum absolute atomic E-state index is 0.190. The summed E-state index contributed by atoms with van der Waals surface area (Å²) < 4.78 is 24.7. The van der Waals surface area contributed by atoms with Gasteiger partial charge in [-0.05, 0) is 43.7 Å². The summed E-state index contributed by atoms with van der Waals surface area (Å²) in [6, 6.07) is 3.77. The molecule has 2 heterocycles. The van der Waals surface area contributed by atoms with E-state index in [9.17, 15) is 13.5 Å². The molecule has 1 fully saturated rings. The fraction of sp³-hybridized carbons (Fsp3) is 0.643. The van der Waals surface area contributed by atoms with Crippen LogP contribution in [0.5, 0.6) is 0 Å². The number of sulfonamides is 1. The van der Waals surface area contributed by atoms with Crippen LogP contribution in [0.2, 0.25) is 0 Å². The Morgan fingerprint density at radius 3 is 2.95 bits per heavy atom. The van der Waals surface area contributed by atoms with E-state index in [-0.39, 0.29) is 5.92 Å². The molecule has 112 valence electrons. The van der Waals surface area contributed by atoms with E-state index < -0.39 is 16.1 Å². The minimum atomic E-state index is -3.13. The average molecular weight is 298 g/mol. The molecule has 6 heteroatoms. The van der Waals surface area contributed by atoms with Crippen molar-refractivity contribution >= 4 is 10.0 Å². The van der Waals surface area contributed by atoms with Crippen LogP contribution in [0.15, 0.2) is 18.3 Å². The molecule has 1 N–H and O–H groups in total. The summed E-state index contributed by atoms with van der Waals surface area (Å²) in [5.74, 6) is 0.190. The first-order valence-electron chi connectivity index (χ1n) is 6.92. The Bertz CT molecular complexity index is 559. The van der Waals surface area contributed by atoms with Crippen LogP contribution in [-0.2, 0) is 10.0 Å². The van der Waals surface area contributed by atoms with E-state index in [4.69, 9.17) is 0 Å². The summed E-state index contributed by atoms with van der Waals surface area (Å²) in [6.07, 6.45) is 4.66. The molecule has 1 aromatic heterocycles. The Hall–Kier alpha value is -0.980. The quantitative estimate of drug-likeness (QED) is 0.914. The van der Waals surface area contributed by atoms with Crippen LogP contribution < -0.4 is 0 Å². The molecule has 1 aliphatic heterocycles. The summed E-state index contributed by atoms with van der Waals surface area (Å²) in [6.45, 7) is 3.02. The molecule has 2 unspecified atom stereocenters. The number of piperidine rings is 1. The highest BCUT2D eigenvalue weighted by molar-refractivity contribution is 7.88. The number of rotatable bonds is 4. The third-order valence-corrected chi connectivity index (χ3v) is 5.14. The zero-order valence-electron chi connectivity index (χ0n) is 12.0. The van der Waals surface area contributed by atoms with Crippen molar-refractivity contribution in [3.8, 4) is 0 Å². The first-order chi connectivity index (χ1) is 9.38. The van der Waals surface area contributed by atoms with Gasteiger partial charge in [-0.2, -0.15) is 0 Å². The van der Waals surface area contributed by atoms with E-state index in [1.165, 1.54) is 10.6 Å². The van der Waals surface area contributed by atoms with Gasteiger partial charge >= 0.3 is 0 Å². The molecule has 0 saturated carbocycles. The zero-order chi connectivity index (χ0) is 14.8. The second kappa shape index (κ2) is 6.20. The van der Waals surface area contributed by atoms with Crippen molar-refractivity contribution in [2.75, 3.05) is 19.3 Å². The monoisotopic (exact) mass is 298 g/mol. The van der Waals surface area contributed by atoms with Crippen molar-refractivity contribution in [1.29, 1.82) is 0 Å². The highest BCUT2D eigenvalue weighted by Gasteiger charge is 2.28. The molecule has 20 heavy (non-hydrogen) atoms. The molecule has 1 aliphatic rings. The Labute approximate surface area is 120 Å². The lowest BCUT2D eigenvalue weighted by atomic mass is 9.91. The molecule has 0 aromatic carbocycles. The average Bonchev–Trinajstić information content (AvgIpc) is 2.38. The summed E-state index contributed by atoms with van der Waals surface area (Å²) in [4.78, 5) is 4.23. The Kier molecular flexibility index (Phi) is 4.78. The van der Waals surface area contributed by atoms with Crippen LogP contribution in [0.1, 0.15) is 36.6 Å². The van der Waals surface area contributed by atoms with Crippen molar-refractivity contribution in [3.63, 3.8) is 0 Å². The summed E-state index contributed by atoms with van der Waals surface area (Å²) in [5, 5.41) is 10.3. The number of aromatic nitrogens is 1. The first kappa shape index (κ1) is 15.4. The molecule has 2 rings (SSSR count). The van der Waals surface area contributed by atoms with Gasteiger partial charge < -0.3 is 5.11 Å². The van der Waals surface area contributed by atoms with Crippen molar-refractivity contribution in [2.45, 2.75) is 32.3 Å². The van der Waals surface area contributed by atoms with Crippen LogP contribution in [-0.4, -0.2) is 42.2 Å². The predicted molar refractivity (Wildman–Crippen MR) is 77.7 cm³/mol. The van der Waals surface area contributed by atoms with Crippen LogP contribution in [0, 0.1) is 12.8 Å². The normalized spacial score (nSPS) is 22.6. The van der Waals surface area contributed by atoms with E-state index >= 15 is 0 Å². The lowest BCUT2D eigenvalue weighted by molar-refractivity contribution is 0.119. The van der Waals surface area contributed by atoms with Gasteiger partial charge in [0, 0.05) is 19.3 Å². The van der Waals surface area contributed by atoms with Gasteiger partial charge in [0.2, 0.25) is 10.0 Å². The second-order valence-electron chi connectivity index (χ2n) is 5.59. The summed E-state index contributed by atoms with van der Waals surface area (Å²) in [5.41, 5.74) is 1.67. The Morgan fingerprint density at radius 1 is 1.55 bits per heavy atom. The highest BCUT2D eigenvalue weighted by atomic mass is 32.2. The molecule has 0 spiro atoms. The van der Waals surface area contributed by atoms with E-state index in [1.54, 1.807) is 6.20 Å². The molecular weight excluding hydrogens is 276 g/mol. The topological polar surface area (TPSA) is 70.5 Å². The molecule has 1 saturated heterocycles. The van der Waals surface area contributed by atoms with E-state index in [2.05, 4.69) is 4.98 Å². The van der Waals surface area contributed by atoms with Crippen LogP contribution >= 0.6 is 0 Å². The van der Waals surface area contributed by atoms with E-state index in [0.717, 1.165) is 18.4 Å². The number of aliphatic hydroxyl groups is 1. The van der Waals surface area contributed by atoms with Gasteiger partial charge in [-0.1, -0.05) is 6.07 Å².